The summed E-state index contributed by atoms with van der Waals surface area (Å²) in [6.07, 6.45) is 1.55. The van der Waals surface area contributed by atoms with Crippen molar-refractivity contribution in [1.29, 1.82) is 0 Å². The normalized spacial score (nSPS) is 12.8. The summed E-state index contributed by atoms with van der Waals surface area (Å²) < 4.78 is 19.1. The van der Waals surface area contributed by atoms with Gasteiger partial charge in [-0.15, -0.1) is 0 Å². The zero-order chi connectivity index (χ0) is 11.3. The van der Waals surface area contributed by atoms with Crippen LogP contribution in [0.15, 0.2) is 22.7 Å². The first kappa shape index (κ1) is 12.6. The number of nitrogens with two attached hydrogens (primary N) is 1. The largest absolute Gasteiger partial charge is 0.385 e. The fourth-order valence-electron chi connectivity index (χ4n) is 1.46. The molecule has 1 atom stereocenters. The second-order valence-electron chi connectivity index (χ2n) is 3.38. The summed E-state index contributed by atoms with van der Waals surface area (Å²) in [6.45, 7) is 0.653. The maximum absolute atomic E-state index is 13.5. The zero-order valence-electron chi connectivity index (χ0n) is 8.67. The maximum Gasteiger partial charge on any atom is 0.129 e. The Morgan fingerprint density at radius 2 is 2.27 bits per heavy atom. The SMILES string of the molecule is COCCCC(N)c1c(F)cccc1Br. The summed E-state index contributed by atoms with van der Waals surface area (Å²) in [7, 11) is 1.64. The quantitative estimate of drug-likeness (QED) is 0.839. The minimum absolute atomic E-state index is 0.255. The van der Waals surface area contributed by atoms with Crippen molar-refractivity contribution in [3.63, 3.8) is 0 Å². The first-order valence-electron chi connectivity index (χ1n) is 4.85. The summed E-state index contributed by atoms with van der Waals surface area (Å²) in [5, 5.41) is 0. The summed E-state index contributed by atoms with van der Waals surface area (Å²) >= 11 is 3.31. The molecule has 0 aliphatic heterocycles. The van der Waals surface area contributed by atoms with Crippen LogP contribution in [0, 0.1) is 5.82 Å². The number of hydrogen-bond donors (Lipinski definition) is 1. The van der Waals surface area contributed by atoms with E-state index in [0.29, 0.717) is 18.6 Å². The zero-order valence-corrected chi connectivity index (χ0v) is 10.3. The van der Waals surface area contributed by atoms with E-state index in [2.05, 4.69) is 15.9 Å². The van der Waals surface area contributed by atoms with Crippen LogP contribution in [0.25, 0.3) is 0 Å². The van der Waals surface area contributed by atoms with Crippen molar-refractivity contribution < 1.29 is 9.13 Å². The lowest BCUT2D eigenvalue weighted by atomic mass is 10.0. The van der Waals surface area contributed by atoms with Gasteiger partial charge in [0.25, 0.3) is 0 Å². The molecule has 15 heavy (non-hydrogen) atoms. The Bertz CT molecular complexity index is 299. The molecule has 0 spiro atoms. The molecule has 0 amide bonds. The minimum Gasteiger partial charge on any atom is -0.385 e. The predicted octanol–water partition coefficient (Wildman–Crippen LogP) is 3.01. The van der Waals surface area contributed by atoms with Gasteiger partial charge in [-0.05, 0) is 25.0 Å². The Labute approximate surface area is 97.7 Å². The van der Waals surface area contributed by atoms with Crippen LogP contribution in [-0.4, -0.2) is 13.7 Å². The van der Waals surface area contributed by atoms with Gasteiger partial charge >= 0.3 is 0 Å². The van der Waals surface area contributed by atoms with E-state index >= 15 is 0 Å². The van der Waals surface area contributed by atoms with Crippen LogP contribution in [0.3, 0.4) is 0 Å². The molecule has 0 heterocycles. The van der Waals surface area contributed by atoms with E-state index in [0.717, 1.165) is 10.9 Å². The van der Waals surface area contributed by atoms with Crippen molar-refractivity contribution in [2.75, 3.05) is 13.7 Å². The lowest BCUT2D eigenvalue weighted by Crippen LogP contribution is -2.13. The number of benzene rings is 1. The van der Waals surface area contributed by atoms with Crippen LogP contribution in [0.4, 0.5) is 4.39 Å². The number of ether oxygens (including phenoxy) is 1. The Morgan fingerprint density at radius 3 is 2.87 bits per heavy atom. The molecule has 84 valence electrons. The van der Waals surface area contributed by atoms with Crippen LogP contribution in [0.1, 0.15) is 24.4 Å². The van der Waals surface area contributed by atoms with E-state index < -0.39 is 0 Å². The van der Waals surface area contributed by atoms with Gasteiger partial charge in [0.1, 0.15) is 5.82 Å². The lowest BCUT2D eigenvalue weighted by molar-refractivity contribution is 0.190. The summed E-state index contributed by atoms with van der Waals surface area (Å²) in [5.74, 6) is -0.255. The van der Waals surface area contributed by atoms with E-state index in [1.54, 1.807) is 19.2 Å². The molecule has 2 N–H and O–H groups in total. The molecule has 0 bridgehead atoms. The number of methoxy groups -OCH3 is 1. The Morgan fingerprint density at radius 1 is 1.53 bits per heavy atom. The third-order valence-electron chi connectivity index (χ3n) is 2.23. The Kier molecular flexibility index (Phi) is 5.22. The molecular weight excluding hydrogens is 261 g/mol. The number of halogens is 2. The average molecular weight is 276 g/mol. The lowest BCUT2D eigenvalue weighted by Gasteiger charge is -2.14. The van der Waals surface area contributed by atoms with Gasteiger partial charge in [0.2, 0.25) is 0 Å². The van der Waals surface area contributed by atoms with Crippen molar-refractivity contribution in [2.24, 2.45) is 5.73 Å². The number of rotatable bonds is 5. The van der Waals surface area contributed by atoms with Crippen molar-refractivity contribution in [1.82, 2.24) is 0 Å². The first-order chi connectivity index (χ1) is 7.16. The highest BCUT2D eigenvalue weighted by Gasteiger charge is 2.14. The molecule has 0 aliphatic rings. The molecule has 0 aliphatic carbocycles. The molecule has 0 aromatic heterocycles. The maximum atomic E-state index is 13.5. The molecular formula is C11H15BrFNO. The molecule has 1 unspecified atom stereocenters. The highest BCUT2D eigenvalue weighted by molar-refractivity contribution is 9.10. The monoisotopic (exact) mass is 275 g/mol. The molecule has 4 heteroatoms. The minimum atomic E-state index is -0.282. The molecule has 2 nitrogen and oxygen atoms in total. The molecule has 0 saturated carbocycles. The second kappa shape index (κ2) is 6.20. The van der Waals surface area contributed by atoms with Gasteiger partial charge < -0.3 is 10.5 Å². The summed E-state index contributed by atoms with van der Waals surface area (Å²) in [6, 6.07) is 4.60. The molecule has 1 aromatic rings. The van der Waals surface area contributed by atoms with Gasteiger partial charge in [0, 0.05) is 29.8 Å². The van der Waals surface area contributed by atoms with Crippen molar-refractivity contribution in [3.05, 3.63) is 34.1 Å². The molecule has 0 fully saturated rings. The van der Waals surface area contributed by atoms with E-state index in [-0.39, 0.29) is 11.9 Å². The third kappa shape index (κ3) is 3.55. The van der Waals surface area contributed by atoms with Crippen LogP contribution in [0.2, 0.25) is 0 Å². The number of hydrogen-bond acceptors (Lipinski definition) is 2. The van der Waals surface area contributed by atoms with E-state index in [1.807, 2.05) is 0 Å². The van der Waals surface area contributed by atoms with Crippen molar-refractivity contribution >= 4 is 15.9 Å². The average Bonchev–Trinajstić information content (AvgIpc) is 2.18. The van der Waals surface area contributed by atoms with Crippen LogP contribution < -0.4 is 5.73 Å². The fraction of sp³-hybridized carbons (Fsp3) is 0.455. The second-order valence-corrected chi connectivity index (χ2v) is 4.23. The van der Waals surface area contributed by atoms with Crippen LogP contribution >= 0.6 is 15.9 Å². The smallest absolute Gasteiger partial charge is 0.129 e. The van der Waals surface area contributed by atoms with Gasteiger partial charge in [-0.25, -0.2) is 4.39 Å². The third-order valence-corrected chi connectivity index (χ3v) is 2.93. The van der Waals surface area contributed by atoms with Gasteiger partial charge in [-0.3, -0.25) is 0 Å². The van der Waals surface area contributed by atoms with E-state index in [1.165, 1.54) is 6.07 Å². The van der Waals surface area contributed by atoms with Gasteiger partial charge in [-0.2, -0.15) is 0 Å². The highest BCUT2D eigenvalue weighted by Crippen LogP contribution is 2.27. The van der Waals surface area contributed by atoms with Gasteiger partial charge in [-0.1, -0.05) is 22.0 Å². The standard InChI is InChI=1S/C11H15BrFNO/c1-15-7-3-6-10(14)11-8(12)4-2-5-9(11)13/h2,4-5,10H,3,6-7,14H2,1H3. The van der Waals surface area contributed by atoms with Crippen molar-refractivity contribution in [2.45, 2.75) is 18.9 Å². The van der Waals surface area contributed by atoms with Crippen molar-refractivity contribution in [3.8, 4) is 0 Å². The van der Waals surface area contributed by atoms with Gasteiger partial charge in [0.15, 0.2) is 0 Å². The predicted molar refractivity (Wildman–Crippen MR) is 62.1 cm³/mol. The Hall–Kier alpha value is -0.450. The topological polar surface area (TPSA) is 35.2 Å². The van der Waals surface area contributed by atoms with Gasteiger partial charge in [0.05, 0.1) is 0 Å². The Balaban J connectivity index is 2.68. The van der Waals surface area contributed by atoms with E-state index in [4.69, 9.17) is 10.5 Å². The fourth-order valence-corrected chi connectivity index (χ4v) is 2.09. The molecule has 0 saturated heterocycles. The first-order valence-corrected chi connectivity index (χ1v) is 5.64. The molecule has 0 radical (unpaired) electrons. The molecule has 1 rings (SSSR count). The summed E-state index contributed by atoms with van der Waals surface area (Å²) in [4.78, 5) is 0. The highest BCUT2D eigenvalue weighted by atomic mass is 79.9. The van der Waals surface area contributed by atoms with E-state index in [9.17, 15) is 4.39 Å². The molecule has 1 aromatic carbocycles. The van der Waals surface area contributed by atoms with Crippen LogP contribution in [-0.2, 0) is 4.74 Å². The summed E-state index contributed by atoms with van der Waals surface area (Å²) in [5.41, 5.74) is 6.46. The van der Waals surface area contributed by atoms with Crippen LogP contribution in [0.5, 0.6) is 0 Å².